The Hall–Kier alpha value is -0.0800. The van der Waals surface area contributed by atoms with Crippen molar-refractivity contribution in [3.63, 3.8) is 0 Å². The Morgan fingerprint density at radius 1 is 0.692 bits per heavy atom. The van der Waals surface area contributed by atoms with E-state index in [0.29, 0.717) is 0 Å². The van der Waals surface area contributed by atoms with Crippen molar-refractivity contribution in [2.75, 3.05) is 7.11 Å². The third-order valence-corrected chi connectivity index (χ3v) is 1.50. The molecule has 0 aliphatic heterocycles. The highest BCUT2D eigenvalue weighted by Gasteiger charge is 1.95. The van der Waals surface area contributed by atoms with Crippen molar-refractivity contribution in [2.24, 2.45) is 0 Å². The normalized spacial score (nSPS) is 13.4. The molecule has 1 N–H and O–H groups in total. The molecule has 0 aromatic carbocycles. The minimum absolute atomic E-state index is 1.18. The van der Waals surface area contributed by atoms with Crippen LogP contribution in [0.2, 0.25) is 0 Å². The van der Waals surface area contributed by atoms with E-state index in [1.807, 2.05) is 27.7 Å². The highest BCUT2D eigenvalue weighted by molar-refractivity contribution is 4.51. The molecule has 13 heavy (non-hydrogen) atoms. The van der Waals surface area contributed by atoms with Crippen molar-refractivity contribution in [1.29, 1.82) is 0 Å². The van der Waals surface area contributed by atoms with Gasteiger partial charge in [-0.3, -0.25) is 5.26 Å². The average Bonchev–Trinajstić information content (AvgIpc) is 2.27. The second kappa shape index (κ2) is 29.7. The van der Waals surface area contributed by atoms with Crippen molar-refractivity contribution in [3.05, 3.63) is 0 Å². The van der Waals surface area contributed by atoms with Crippen molar-refractivity contribution in [1.82, 2.24) is 0 Å². The van der Waals surface area contributed by atoms with Crippen LogP contribution in [-0.4, -0.2) is 12.4 Å². The first-order chi connectivity index (χ1) is 6.41. The van der Waals surface area contributed by atoms with E-state index >= 15 is 0 Å². The van der Waals surface area contributed by atoms with Crippen LogP contribution in [0.25, 0.3) is 0 Å². The van der Waals surface area contributed by atoms with Gasteiger partial charge in [0.25, 0.3) is 0 Å². The van der Waals surface area contributed by atoms with Gasteiger partial charge >= 0.3 is 0 Å². The lowest BCUT2D eigenvalue weighted by molar-refractivity contribution is -0.214. The summed E-state index contributed by atoms with van der Waals surface area (Å²) in [6.07, 6.45) is 9.00. The summed E-state index contributed by atoms with van der Waals surface area (Å²) in [5, 5.41) is 7.07. The minimum Gasteiger partial charge on any atom is -0.252 e. The monoisotopic (exact) mass is 192 g/mol. The predicted molar refractivity (Wildman–Crippen MR) is 60.0 cm³/mol. The largest absolute Gasteiger partial charge is 0.252 e. The van der Waals surface area contributed by atoms with E-state index in [-0.39, 0.29) is 0 Å². The zero-order chi connectivity index (χ0) is 10.9. The van der Waals surface area contributed by atoms with Crippen LogP contribution in [-0.2, 0) is 4.89 Å². The second-order valence-electron chi connectivity index (χ2n) is 2.30. The topological polar surface area (TPSA) is 29.5 Å². The number of hydrogen-bond acceptors (Lipinski definition) is 2. The smallest absolute Gasteiger partial charge is 0.0710 e. The summed E-state index contributed by atoms with van der Waals surface area (Å²) in [5.41, 5.74) is 0. The molecule has 1 aliphatic carbocycles. The van der Waals surface area contributed by atoms with Gasteiger partial charge in [0.15, 0.2) is 0 Å². The first kappa shape index (κ1) is 18.7. The minimum atomic E-state index is 1.18. The van der Waals surface area contributed by atoms with E-state index in [9.17, 15) is 0 Å². The maximum Gasteiger partial charge on any atom is 0.0710 e. The van der Waals surface area contributed by atoms with Crippen LogP contribution < -0.4 is 0 Å². The van der Waals surface area contributed by atoms with Gasteiger partial charge in [0.05, 0.1) is 7.11 Å². The summed E-state index contributed by atoms with van der Waals surface area (Å²) in [6.45, 7) is 8.00. The maximum absolute atomic E-state index is 7.07. The van der Waals surface area contributed by atoms with Gasteiger partial charge in [-0.05, 0) is 0 Å². The van der Waals surface area contributed by atoms with Crippen molar-refractivity contribution >= 4 is 0 Å². The molecule has 0 heterocycles. The van der Waals surface area contributed by atoms with Crippen LogP contribution in [0.3, 0.4) is 0 Å². The zero-order valence-corrected chi connectivity index (χ0v) is 10.1. The summed E-state index contributed by atoms with van der Waals surface area (Å²) in [5.74, 6) is 0. The van der Waals surface area contributed by atoms with Crippen molar-refractivity contribution in [2.45, 2.75) is 66.2 Å². The Balaban J connectivity index is -0.000000124. The van der Waals surface area contributed by atoms with Gasteiger partial charge in [-0.1, -0.05) is 66.2 Å². The van der Waals surface area contributed by atoms with Gasteiger partial charge in [0, 0.05) is 0 Å². The molecule has 1 fully saturated rings. The molecule has 2 heteroatoms. The molecule has 0 unspecified atom stereocenters. The van der Waals surface area contributed by atoms with Gasteiger partial charge in [-0.25, -0.2) is 4.89 Å². The van der Waals surface area contributed by atoms with E-state index in [2.05, 4.69) is 4.89 Å². The van der Waals surface area contributed by atoms with Gasteiger partial charge in [-0.15, -0.1) is 0 Å². The van der Waals surface area contributed by atoms with Crippen LogP contribution in [0.1, 0.15) is 66.2 Å². The van der Waals surface area contributed by atoms with E-state index < -0.39 is 0 Å². The Labute approximate surface area is 84.2 Å². The molecule has 0 bridgehead atoms. The van der Waals surface area contributed by atoms with E-state index in [0.717, 1.165) is 0 Å². The third kappa shape index (κ3) is 33.5. The van der Waals surface area contributed by atoms with Gasteiger partial charge in [-0.2, -0.15) is 0 Å². The molecule has 0 amide bonds. The summed E-state index contributed by atoms with van der Waals surface area (Å²) in [4.78, 5) is 3.25. The Morgan fingerprint density at radius 3 is 0.846 bits per heavy atom. The second-order valence-corrected chi connectivity index (χ2v) is 2.30. The van der Waals surface area contributed by atoms with E-state index in [4.69, 9.17) is 5.26 Å². The van der Waals surface area contributed by atoms with Gasteiger partial charge in [0.1, 0.15) is 0 Å². The van der Waals surface area contributed by atoms with Crippen molar-refractivity contribution in [3.8, 4) is 0 Å². The molecule has 0 radical (unpaired) electrons. The first-order valence-electron chi connectivity index (χ1n) is 5.59. The van der Waals surface area contributed by atoms with Gasteiger partial charge < -0.3 is 0 Å². The Bertz CT molecular complexity index is 31.8. The lowest BCUT2D eigenvalue weighted by atomic mass is 10.0. The zero-order valence-electron chi connectivity index (χ0n) is 10.1. The highest BCUT2D eigenvalue weighted by atomic mass is 17.1. The van der Waals surface area contributed by atoms with E-state index in [1.54, 1.807) is 0 Å². The van der Waals surface area contributed by atoms with Crippen LogP contribution in [0.15, 0.2) is 0 Å². The fourth-order valence-electron chi connectivity index (χ4n) is 1.06. The maximum atomic E-state index is 7.07. The van der Waals surface area contributed by atoms with Crippen LogP contribution in [0, 0.1) is 0 Å². The summed E-state index contributed by atoms with van der Waals surface area (Å²) in [6, 6.07) is 0. The van der Waals surface area contributed by atoms with Crippen LogP contribution in [0.4, 0.5) is 0 Å². The van der Waals surface area contributed by atoms with Gasteiger partial charge in [0.2, 0.25) is 0 Å². The number of hydrogen-bond donors (Lipinski definition) is 1. The molecule has 1 rings (SSSR count). The molecule has 84 valence electrons. The Morgan fingerprint density at radius 2 is 0.769 bits per heavy atom. The molecular weight excluding hydrogens is 164 g/mol. The molecule has 0 aromatic heterocycles. The third-order valence-electron chi connectivity index (χ3n) is 1.50. The predicted octanol–water partition coefficient (Wildman–Crippen LogP) is 4.50. The van der Waals surface area contributed by atoms with Crippen LogP contribution in [0.5, 0.6) is 0 Å². The quantitative estimate of drug-likeness (QED) is 0.452. The number of rotatable bonds is 0. The fourth-order valence-corrected chi connectivity index (χ4v) is 1.06. The molecule has 1 saturated carbocycles. The molecular formula is C11H28O2. The molecule has 0 aromatic rings. The lowest BCUT2D eigenvalue weighted by Gasteiger charge is -2.05. The molecule has 2 nitrogen and oxygen atoms in total. The Kier molecular flexibility index (Phi) is 42.6. The SMILES string of the molecule is C1CCCCC1.CC.CC.COO. The molecule has 0 atom stereocenters. The first-order valence-corrected chi connectivity index (χ1v) is 5.59. The average molecular weight is 192 g/mol. The molecule has 0 saturated heterocycles. The van der Waals surface area contributed by atoms with E-state index in [1.165, 1.54) is 45.6 Å². The fraction of sp³-hybridized carbons (Fsp3) is 1.00. The molecule has 1 aliphatic rings. The summed E-state index contributed by atoms with van der Waals surface area (Å²) in [7, 11) is 1.18. The highest BCUT2D eigenvalue weighted by Crippen LogP contribution is 2.15. The van der Waals surface area contributed by atoms with Crippen LogP contribution >= 0.6 is 0 Å². The lowest BCUT2D eigenvalue weighted by Crippen LogP contribution is -1.85. The molecule has 0 spiro atoms. The standard InChI is InChI=1S/C6H12.2C2H6.CH4O2/c1-2-4-6-5-3-1;2*1-2;1-3-2/h1-6H2;2*1-2H3;2H,1H3. The summed E-state index contributed by atoms with van der Waals surface area (Å²) >= 11 is 0. The van der Waals surface area contributed by atoms with Crippen molar-refractivity contribution < 1.29 is 10.1 Å². The summed E-state index contributed by atoms with van der Waals surface area (Å²) < 4.78 is 0.